The second kappa shape index (κ2) is 9.11. The summed E-state index contributed by atoms with van der Waals surface area (Å²) in [7, 11) is 0. The monoisotopic (exact) mass is 415 g/mol. The summed E-state index contributed by atoms with van der Waals surface area (Å²) in [6.07, 6.45) is 5.59. The molecule has 2 aromatic carbocycles. The Morgan fingerprint density at radius 2 is 1.93 bits per heavy atom. The quantitative estimate of drug-likeness (QED) is 0.459. The van der Waals surface area contributed by atoms with Gasteiger partial charge in [-0.1, -0.05) is 50.8 Å². The van der Waals surface area contributed by atoms with Crippen LogP contribution in [-0.2, 0) is 6.42 Å². The Morgan fingerprint density at radius 3 is 2.53 bits per heavy atom. The molecule has 1 aliphatic heterocycles. The molecule has 0 aromatic heterocycles. The Morgan fingerprint density at radius 1 is 1.20 bits per heavy atom. The topological polar surface area (TPSA) is 21.7 Å². The lowest BCUT2D eigenvalue weighted by Crippen LogP contribution is -2.16. The fraction of sp³-hybridized carbons (Fsp3) is 0.250. The van der Waals surface area contributed by atoms with Crippen molar-refractivity contribution in [1.29, 1.82) is 0 Å². The van der Waals surface area contributed by atoms with Crippen molar-refractivity contribution in [1.82, 2.24) is 0 Å². The van der Waals surface area contributed by atoms with E-state index in [2.05, 4.69) is 30.9 Å². The van der Waals surface area contributed by atoms with E-state index in [1.165, 1.54) is 12.1 Å². The highest BCUT2D eigenvalue weighted by molar-refractivity contribution is 5.85. The van der Waals surface area contributed by atoms with Crippen LogP contribution in [0.2, 0.25) is 0 Å². The first kappa shape index (κ1) is 21.6. The summed E-state index contributed by atoms with van der Waals surface area (Å²) < 4.78 is 47.2. The maximum absolute atomic E-state index is 12.4. The number of rotatable bonds is 8. The minimum absolute atomic E-state index is 0.261. The number of anilines is 1. The lowest BCUT2D eigenvalue weighted by Gasteiger charge is -2.23. The molecule has 1 aliphatic rings. The molecule has 30 heavy (non-hydrogen) atoms. The first-order valence-electron chi connectivity index (χ1n) is 9.76. The van der Waals surface area contributed by atoms with Gasteiger partial charge in [0.25, 0.3) is 0 Å². The number of hydrogen-bond acceptors (Lipinski definition) is 3. The molecule has 0 aliphatic carbocycles. The van der Waals surface area contributed by atoms with E-state index in [0.29, 0.717) is 6.61 Å². The lowest BCUT2D eigenvalue weighted by molar-refractivity contribution is -0.274. The van der Waals surface area contributed by atoms with Crippen molar-refractivity contribution in [2.45, 2.75) is 32.5 Å². The number of fused-ring (bicyclic) bond motifs is 1. The summed E-state index contributed by atoms with van der Waals surface area (Å²) in [5.41, 5.74) is 4.43. The van der Waals surface area contributed by atoms with Gasteiger partial charge in [-0.3, -0.25) is 0 Å². The van der Waals surface area contributed by atoms with E-state index in [1.807, 2.05) is 17.2 Å². The molecule has 0 atom stereocenters. The van der Waals surface area contributed by atoms with Gasteiger partial charge >= 0.3 is 6.36 Å². The number of halogens is 3. The summed E-state index contributed by atoms with van der Waals surface area (Å²) in [6.45, 7) is 10.5. The van der Waals surface area contributed by atoms with Gasteiger partial charge in [-0.25, -0.2) is 0 Å². The van der Waals surface area contributed by atoms with Crippen molar-refractivity contribution < 1.29 is 22.6 Å². The molecular weight excluding hydrogens is 391 g/mol. The number of nitrogens with zero attached hydrogens (tertiary/aromatic N) is 1. The van der Waals surface area contributed by atoms with Crippen molar-refractivity contribution in [3.05, 3.63) is 73.1 Å². The van der Waals surface area contributed by atoms with Crippen molar-refractivity contribution in [2.75, 3.05) is 11.5 Å². The molecular formula is C24H24F3NO2. The van der Waals surface area contributed by atoms with E-state index >= 15 is 0 Å². The number of unbranched alkanes of at least 4 members (excludes halogenated alkanes) is 1. The molecule has 0 radical (unpaired) electrons. The van der Waals surface area contributed by atoms with E-state index in [9.17, 15) is 13.2 Å². The zero-order chi connectivity index (χ0) is 21.7. The maximum Gasteiger partial charge on any atom is 0.573 e. The molecule has 2 aromatic rings. The number of alkyl halides is 3. The predicted octanol–water partition coefficient (Wildman–Crippen LogP) is 7.09. The van der Waals surface area contributed by atoms with Gasteiger partial charge in [-0.05, 0) is 35.7 Å². The minimum atomic E-state index is -4.72. The molecule has 158 valence electrons. The van der Waals surface area contributed by atoms with Gasteiger partial charge in [0, 0.05) is 29.9 Å². The largest absolute Gasteiger partial charge is 0.573 e. The summed E-state index contributed by atoms with van der Waals surface area (Å²) in [6, 6.07) is 7.73. The number of hydrogen-bond donors (Lipinski definition) is 0. The Labute approximate surface area is 174 Å². The zero-order valence-corrected chi connectivity index (χ0v) is 16.8. The average molecular weight is 415 g/mol. The van der Waals surface area contributed by atoms with Gasteiger partial charge in [0.05, 0.1) is 12.3 Å². The Bertz CT molecular complexity index is 946. The fourth-order valence-corrected chi connectivity index (χ4v) is 3.48. The molecule has 0 saturated carbocycles. The smallest absolute Gasteiger partial charge is 0.492 e. The summed E-state index contributed by atoms with van der Waals surface area (Å²) in [5, 5.41) is 0. The van der Waals surface area contributed by atoms with Crippen molar-refractivity contribution in [3.63, 3.8) is 0 Å². The fourth-order valence-electron chi connectivity index (χ4n) is 3.48. The van der Waals surface area contributed by atoms with Gasteiger partial charge in [0.1, 0.15) is 11.5 Å². The first-order chi connectivity index (χ1) is 14.4. The zero-order valence-electron chi connectivity index (χ0n) is 16.8. The van der Waals surface area contributed by atoms with Gasteiger partial charge in [-0.15, -0.1) is 13.2 Å². The normalized spacial score (nSPS) is 13.1. The van der Waals surface area contributed by atoms with E-state index in [4.69, 9.17) is 4.74 Å². The van der Waals surface area contributed by atoms with E-state index < -0.39 is 6.36 Å². The van der Waals surface area contributed by atoms with Crippen LogP contribution in [-0.4, -0.2) is 13.0 Å². The molecule has 3 rings (SSSR count). The van der Waals surface area contributed by atoms with Crippen LogP contribution in [0.4, 0.5) is 18.9 Å². The van der Waals surface area contributed by atoms with Crippen LogP contribution >= 0.6 is 0 Å². The highest BCUT2D eigenvalue weighted by Gasteiger charge is 2.31. The molecule has 0 fully saturated rings. The predicted molar refractivity (Wildman–Crippen MR) is 115 cm³/mol. The molecule has 0 bridgehead atoms. The van der Waals surface area contributed by atoms with Crippen LogP contribution in [0.15, 0.2) is 62.0 Å². The standard InChI is InChI=1S/C24H24F3NO2/c1-4-7-8-14-28(6-3)22-17(5-2)16-21(23-20(22)13-15-29-23)18-9-11-19(12-10-18)30-24(25,26)27/h5-6,8-12,14,16H,2-4,7,13,15H2,1H3/b14-8-. The summed E-state index contributed by atoms with van der Waals surface area (Å²) >= 11 is 0. The third-order valence-electron chi connectivity index (χ3n) is 4.77. The second-order valence-electron chi connectivity index (χ2n) is 6.81. The van der Waals surface area contributed by atoms with Crippen LogP contribution in [0.5, 0.6) is 11.5 Å². The molecule has 0 N–H and O–H groups in total. The van der Waals surface area contributed by atoms with Gasteiger partial charge in [0.15, 0.2) is 0 Å². The third kappa shape index (κ3) is 4.70. The Kier molecular flexibility index (Phi) is 6.55. The summed E-state index contributed by atoms with van der Waals surface area (Å²) in [4.78, 5) is 1.96. The Hall–Kier alpha value is -3.15. The van der Waals surface area contributed by atoms with Gasteiger partial charge in [0.2, 0.25) is 0 Å². The maximum atomic E-state index is 12.4. The van der Waals surface area contributed by atoms with E-state index in [-0.39, 0.29) is 5.75 Å². The number of benzene rings is 2. The second-order valence-corrected chi connectivity index (χ2v) is 6.81. The highest BCUT2D eigenvalue weighted by Crippen LogP contribution is 2.45. The van der Waals surface area contributed by atoms with Crippen molar-refractivity contribution >= 4 is 11.8 Å². The molecule has 6 heteroatoms. The molecule has 0 saturated heterocycles. The van der Waals surface area contributed by atoms with Crippen LogP contribution in [0, 0.1) is 0 Å². The van der Waals surface area contributed by atoms with Crippen molar-refractivity contribution in [3.8, 4) is 22.6 Å². The van der Waals surface area contributed by atoms with E-state index in [1.54, 1.807) is 24.4 Å². The third-order valence-corrected chi connectivity index (χ3v) is 4.77. The highest BCUT2D eigenvalue weighted by atomic mass is 19.4. The van der Waals surface area contributed by atoms with Crippen LogP contribution in [0.3, 0.4) is 0 Å². The molecule has 0 amide bonds. The summed E-state index contributed by atoms with van der Waals surface area (Å²) in [5.74, 6) is 0.471. The number of allylic oxidation sites excluding steroid dienone is 1. The molecule has 1 heterocycles. The van der Waals surface area contributed by atoms with Crippen LogP contribution in [0.25, 0.3) is 17.2 Å². The van der Waals surface area contributed by atoms with Crippen molar-refractivity contribution in [2.24, 2.45) is 0 Å². The SMILES string of the molecule is C=Cc1cc(-c2ccc(OC(F)(F)F)cc2)c2c(c1N(C=C)/C=C\CCC)CCO2. The van der Waals surface area contributed by atoms with Crippen LogP contribution in [0.1, 0.15) is 30.9 Å². The van der Waals surface area contributed by atoms with Gasteiger partial charge < -0.3 is 14.4 Å². The molecule has 0 spiro atoms. The lowest BCUT2D eigenvalue weighted by atomic mass is 9.95. The molecule has 0 unspecified atom stereocenters. The average Bonchev–Trinajstić information content (AvgIpc) is 3.20. The van der Waals surface area contributed by atoms with E-state index in [0.717, 1.165) is 53.0 Å². The molecule has 3 nitrogen and oxygen atoms in total. The van der Waals surface area contributed by atoms with Gasteiger partial charge in [-0.2, -0.15) is 0 Å². The minimum Gasteiger partial charge on any atom is -0.492 e. The first-order valence-corrected chi connectivity index (χ1v) is 9.76. The van der Waals surface area contributed by atoms with Crippen LogP contribution < -0.4 is 14.4 Å². The Balaban J connectivity index is 2.05. The number of ether oxygens (including phenoxy) is 2.